The number of nitrogens with zero attached hydrogens (tertiary/aromatic N) is 2. The lowest BCUT2D eigenvalue weighted by atomic mass is 10.1. The maximum absolute atomic E-state index is 11.7. The van der Waals surface area contributed by atoms with Crippen LogP contribution in [0.4, 0.5) is 5.69 Å². The number of halogens is 2. The van der Waals surface area contributed by atoms with Crippen molar-refractivity contribution in [2.75, 3.05) is 13.7 Å². The van der Waals surface area contributed by atoms with Crippen molar-refractivity contribution in [3.05, 3.63) is 27.7 Å². The Kier molecular flexibility index (Phi) is 7.52. The highest BCUT2D eigenvalue weighted by Gasteiger charge is 2.18. The number of carbonyl (C=O) groups excluding carboxylic acids is 2. The molecule has 0 aliphatic rings. The van der Waals surface area contributed by atoms with E-state index in [0.29, 0.717) is 6.42 Å². The Morgan fingerprint density at radius 3 is 2.74 bits per heavy atom. The summed E-state index contributed by atoms with van der Waals surface area (Å²) in [5, 5.41) is 11.8. The Balaban J connectivity index is 3.08. The molecule has 0 saturated heterocycles. The standard InChI is InChI=1S/C15H15Cl2N3O3/c1-3-4-23-15(22)9(7-18)8-20-12-6-10(16)5-11(13(12)17)14(21)19-2/h5-6,8-9H,3-4H2,1-2H3,(H,19,21). The number of carbonyl (C=O) groups is 2. The second kappa shape index (κ2) is 9.13. The lowest BCUT2D eigenvalue weighted by Gasteiger charge is -2.07. The van der Waals surface area contributed by atoms with E-state index in [-0.39, 0.29) is 27.9 Å². The second-order valence-electron chi connectivity index (χ2n) is 4.42. The summed E-state index contributed by atoms with van der Waals surface area (Å²) in [7, 11) is 1.46. The fourth-order valence-corrected chi connectivity index (χ4v) is 2.02. The van der Waals surface area contributed by atoms with Gasteiger partial charge in [-0.3, -0.25) is 14.6 Å². The first-order valence-electron chi connectivity index (χ1n) is 6.76. The predicted molar refractivity (Wildman–Crippen MR) is 88.4 cm³/mol. The van der Waals surface area contributed by atoms with E-state index in [4.69, 9.17) is 33.2 Å². The molecule has 0 radical (unpaired) electrons. The van der Waals surface area contributed by atoms with E-state index in [1.54, 1.807) is 6.07 Å². The third-order valence-electron chi connectivity index (χ3n) is 2.69. The van der Waals surface area contributed by atoms with E-state index < -0.39 is 17.8 Å². The zero-order valence-corrected chi connectivity index (χ0v) is 14.1. The highest BCUT2D eigenvalue weighted by molar-refractivity contribution is 6.38. The molecule has 1 aromatic rings. The third kappa shape index (κ3) is 5.23. The molecule has 122 valence electrons. The lowest BCUT2D eigenvalue weighted by Crippen LogP contribution is -2.18. The van der Waals surface area contributed by atoms with Crippen LogP contribution in [0.2, 0.25) is 10.0 Å². The predicted octanol–water partition coefficient (Wildman–Crippen LogP) is 3.15. The van der Waals surface area contributed by atoms with Gasteiger partial charge in [0.2, 0.25) is 0 Å². The number of rotatable bonds is 6. The van der Waals surface area contributed by atoms with Gasteiger partial charge in [0.1, 0.15) is 0 Å². The van der Waals surface area contributed by atoms with Crippen molar-refractivity contribution >= 4 is 47.0 Å². The minimum absolute atomic E-state index is 0.0728. The van der Waals surface area contributed by atoms with Crippen molar-refractivity contribution in [3.8, 4) is 6.07 Å². The van der Waals surface area contributed by atoms with Crippen LogP contribution >= 0.6 is 23.2 Å². The number of esters is 1. The van der Waals surface area contributed by atoms with E-state index in [1.165, 1.54) is 19.2 Å². The summed E-state index contributed by atoms with van der Waals surface area (Å²) in [5.74, 6) is -2.28. The van der Waals surface area contributed by atoms with Crippen molar-refractivity contribution in [1.29, 1.82) is 5.26 Å². The van der Waals surface area contributed by atoms with Crippen molar-refractivity contribution in [1.82, 2.24) is 5.32 Å². The summed E-state index contributed by atoms with van der Waals surface area (Å²) in [6, 6.07) is 4.62. The quantitative estimate of drug-likeness (QED) is 0.626. The Hall–Kier alpha value is -2.10. The minimum Gasteiger partial charge on any atom is -0.464 e. The molecule has 6 nitrogen and oxygen atoms in total. The summed E-state index contributed by atoms with van der Waals surface area (Å²) in [4.78, 5) is 27.4. The van der Waals surface area contributed by atoms with Gasteiger partial charge in [-0.1, -0.05) is 30.1 Å². The largest absolute Gasteiger partial charge is 0.464 e. The zero-order chi connectivity index (χ0) is 17.4. The lowest BCUT2D eigenvalue weighted by molar-refractivity contribution is -0.144. The molecular weight excluding hydrogens is 341 g/mol. The summed E-state index contributed by atoms with van der Waals surface area (Å²) >= 11 is 12.0. The molecule has 0 saturated carbocycles. The van der Waals surface area contributed by atoms with Crippen LogP contribution in [0.25, 0.3) is 0 Å². The number of hydrogen-bond donors (Lipinski definition) is 1. The number of nitriles is 1. The molecule has 0 fully saturated rings. The minimum atomic E-state index is -1.17. The molecule has 1 unspecified atom stereocenters. The van der Waals surface area contributed by atoms with Gasteiger partial charge in [0.15, 0.2) is 5.92 Å². The number of hydrogen-bond acceptors (Lipinski definition) is 5. The molecule has 0 bridgehead atoms. The molecule has 0 aromatic heterocycles. The SMILES string of the molecule is CCCOC(=O)C(C#N)C=Nc1cc(Cl)cc(C(=O)NC)c1Cl. The van der Waals surface area contributed by atoms with Gasteiger partial charge in [0.05, 0.1) is 28.9 Å². The molecule has 0 aliphatic heterocycles. The van der Waals surface area contributed by atoms with Crippen molar-refractivity contribution in [2.24, 2.45) is 10.9 Å². The normalized spacial score (nSPS) is 11.8. The van der Waals surface area contributed by atoms with Gasteiger partial charge < -0.3 is 10.1 Å². The van der Waals surface area contributed by atoms with Gasteiger partial charge >= 0.3 is 5.97 Å². The fraction of sp³-hybridized carbons (Fsp3) is 0.333. The van der Waals surface area contributed by atoms with E-state index >= 15 is 0 Å². The Morgan fingerprint density at radius 1 is 1.48 bits per heavy atom. The van der Waals surface area contributed by atoms with Crippen LogP contribution in [0.3, 0.4) is 0 Å². The molecule has 1 amide bonds. The number of nitrogens with one attached hydrogen (secondary N) is 1. The number of aliphatic imine (C=N–C) groups is 1. The van der Waals surface area contributed by atoms with Crippen LogP contribution in [-0.2, 0) is 9.53 Å². The molecular formula is C15H15Cl2N3O3. The molecule has 1 rings (SSSR count). The van der Waals surface area contributed by atoms with Crippen LogP contribution < -0.4 is 5.32 Å². The molecule has 0 spiro atoms. The fourth-order valence-electron chi connectivity index (χ4n) is 1.56. The Labute approximate surface area is 144 Å². The van der Waals surface area contributed by atoms with Gasteiger partial charge in [-0.15, -0.1) is 0 Å². The van der Waals surface area contributed by atoms with Gasteiger partial charge in [-0.05, 0) is 18.6 Å². The molecule has 0 aliphatic carbocycles. The summed E-state index contributed by atoms with van der Waals surface area (Å²) in [6.07, 6.45) is 1.76. The average Bonchev–Trinajstić information content (AvgIpc) is 2.55. The molecule has 23 heavy (non-hydrogen) atoms. The van der Waals surface area contributed by atoms with Crippen LogP contribution in [0.15, 0.2) is 17.1 Å². The Morgan fingerprint density at radius 2 is 2.17 bits per heavy atom. The molecule has 1 N–H and O–H groups in total. The highest BCUT2D eigenvalue weighted by atomic mass is 35.5. The summed E-state index contributed by atoms with van der Waals surface area (Å²) < 4.78 is 4.89. The van der Waals surface area contributed by atoms with Gasteiger partial charge in [0.25, 0.3) is 5.91 Å². The smallest absolute Gasteiger partial charge is 0.328 e. The topological polar surface area (TPSA) is 91.6 Å². The van der Waals surface area contributed by atoms with Gasteiger partial charge in [0, 0.05) is 18.3 Å². The second-order valence-corrected chi connectivity index (χ2v) is 5.23. The number of ether oxygens (including phenoxy) is 1. The average molecular weight is 356 g/mol. The monoisotopic (exact) mass is 355 g/mol. The van der Waals surface area contributed by atoms with Gasteiger partial charge in [-0.25, -0.2) is 0 Å². The number of benzene rings is 1. The molecule has 1 atom stereocenters. The zero-order valence-electron chi connectivity index (χ0n) is 12.6. The van der Waals surface area contributed by atoms with Gasteiger partial charge in [-0.2, -0.15) is 5.26 Å². The van der Waals surface area contributed by atoms with Crippen LogP contribution in [0, 0.1) is 17.2 Å². The number of amides is 1. The van der Waals surface area contributed by atoms with E-state index in [2.05, 4.69) is 10.3 Å². The highest BCUT2D eigenvalue weighted by Crippen LogP contribution is 2.32. The first-order valence-corrected chi connectivity index (χ1v) is 7.51. The van der Waals surface area contributed by atoms with Crippen LogP contribution in [-0.4, -0.2) is 31.7 Å². The summed E-state index contributed by atoms with van der Waals surface area (Å²) in [5.41, 5.74) is 0.331. The van der Waals surface area contributed by atoms with Crippen molar-refractivity contribution in [2.45, 2.75) is 13.3 Å². The molecule has 0 heterocycles. The third-order valence-corrected chi connectivity index (χ3v) is 3.31. The first-order chi connectivity index (χ1) is 10.9. The Bertz CT molecular complexity index is 669. The molecule has 8 heteroatoms. The van der Waals surface area contributed by atoms with E-state index in [0.717, 1.165) is 6.21 Å². The van der Waals surface area contributed by atoms with E-state index in [1.807, 2.05) is 6.92 Å². The van der Waals surface area contributed by atoms with Crippen molar-refractivity contribution < 1.29 is 14.3 Å². The van der Waals surface area contributed by atoms with Crippen molar-refractivity contribution in [3.63, 3.8) is 0 Å². The maximum Gasteiger partial charge on any atom is 0.328 e. The molecule has 1 aromatic carbocycles. The summed E-state index contributed by atoms with van der Waals surface area (Å²) in [6.45, 7) is 2.07. The van der Waals surface area contributed by atoms with Crippen LogP contribution in [0.1, 0.15) is 23.7 Å². The maximum atomic E-state index is 11.7. The van der Waals surface area contributed by atoms with Crippen LogP contribution in [0.5, 0.6) is 0 Å². The van der Waals surface area contributed by atoms with E-state index in [9.17, 15) is 9.59 Å². The first kappa shape index (κ1) is 18.9.